The van der Waals surface area contributed by atoms with E-state index in [9.17, 15) is 19.4 Å². The van der Waals surface area contributed by atoms with Gasteiger partial charge in [0.15, 0.2) is 0 Å². The number of aromatic nitrogens is 4. The summed E-state index contributed by atoms with van der Waals surface area (Å²) in [6, 6.07) is 10.8. The number of pyridine rings is 2. The molecule has 0 bridgehead atoms. The van der Waals surface area contributed by atoms with Gasteiger partial charge in [-0.1, -0.05) is 6.07 Å². The molecule has 1 aliphatic rings. The summed E-state index contributed by atoms with van der Waals surface area (Å²) in [6.45, 7) is 3.63. The number of anilines is 2. The Labute approximate surface area is 213 Å². The smallest absolute Gasteiger partial charge is 0.335 e. The molecule has 0 atom stereocenters. The second kappa shape index (κ2) is 10.1. The van der Waals surface area contributed by atoms with Crippen molar-refractivity contribution in [3.63, 3.8) is 0 Å². The van der Waals surface area contributed by atoms with Crippen molar-refractivity contribution in [2.45, 2.75) is 51.6 Å². The molecule has 0 spiro atoms. The van der Waals surface area contributed by atoms with Gasteiger partial charge in [-0.3, -0.25) is 4.57 Å². The molecule has 1 saturated carbocycles. The van der Waals surface area contributed by atoms with Crippen LogP contribution in [-0.2, 0) is 0 Å². The lowest BCUT2D eigenvalue weighted by atomic mass is 9.80. The number of benzene rings is 1. The van der Waals surface area contributed by atoms with Crippen LogP contribution in [-0.4, -0.2) is 41.8 Å². The maximum atomic E-state index is 13.6. The molecule has 0 unspecified atom stereocenters. The third-order valence-electron chi connectivity index (χ3n) is 6.82. The minimum absolute atomic E-state index is 0.0901. The maximum absolute atomic E-state index is 13.6. The average molecular weight is 502 g/mol. The minimum atomic E-state index is -0.951. The predicted octanol–water partition coefficient (Wildman–Crippen LogP) is 5.55. The van der Waals surface area contributed by atoms with Crippen molar-refractivity contribution in [2.75, 3.05) is 5.32 Å². The zero-order chi connectivity index (χ0) is 26.1. The van der Waals surface area contributed by atoms with Crippen molar-refractivity contribution in [1.82, 2.24) is 19.5 Å². The van der Waals surface area contributed by atoms with E-state index in [-0.39, 0.29) is 17.8 Å². The minimum Gasteiger partial charge on any atom is -0.478 e. The van der Waals surface area contributed by atoms with Gasteiger partial charge >= 0.3 is 5.97 Å². The summed E-state index contributed by atoms with van der Waals surface area (Å²) < 4.78 is 15.4. The quantitative estimate of drug-likeness (QED) is 0.318. The number of aromatic carboxylic acids is 1. The number of aliphatic hydroxyl groups is 1. The first kappa shape index (κ1) is 24.6. The highest BCUT2D eigenvalue weighted by molar-refractivity contribution is 5.90. The molecule has 1 aromatic carbocycles. The van der Waals surface area contributed by atoms with E-state index < -0.39 is 5.97 Å². The molecule has 0 amide bonds. The summed E-state index contributed by atoms with van der Waals surface area (Å²) >= 11 is 0. The molecule has 3 aromatic heterocycles. The number of nitrogens with one attached hydrogen (secondary N) is 1. The Bertz CT molecular complexity index is 1460. The second-order valence-electron chi connectivity index (χ2n) is 9.61. The molecule has 3 heterocycles. The van der Waals surface area contributed by atoms with E-state index in [4.69, 9.17) is 0 Å². The van der Waals surface area contributed by atoms with Gasteiger partial charge in [0, 0.05) is 11.8 Å². The normalized spacial score (nSPS) is 17.5. The number of carbonyl (C=O) groups is 1. The SMILES string of the molecule is Cc1cc(Nc2cc(C)c(F)cn2)nc(-n2cnc(-c3ccc(C(=O)O)c(C4CCC(O)CC4)c3)c2)c1. The number of carboxylic acid groups (broad SMARTS) is 1. The number of carboxylic acids is 1. The molecule has 37 heavy (non-hydrogen) atoms. The monoisotopic (exact) mass is 501 g/mol. The molecular weight excluding hydrogens is 473 g/mol. The highest BCUT2D eigenvalue weighted by Gasteiger charge is 2.25. The standard InChI is InChI=1S/C28H28FN5O3/c1-16-9-26(32-25-11-17(2)23(29)13-30-25)33-27(10-16)34-14-24(31-15-34)19-5-8-21(28(36)37)22(12-19)18-3-6-20(35)7-4-18/h5,8-15,18,20,35H,3-4,6-7H2,1-2H3,(H,36,37)(H,30,32,33). The zero-order valence-electron chi connectivity index (χ0n) is 20.6. The van der Waals surface area contributed by atoms with Crippen molar-refractivity contribution in [3.05, 3.63) is 83.2 Å². The first-order valence-corrected chi connectivity index (χ1v) is 12.2. The fraction of sp³-hybridized carbons (Fsp3) is 0.286. The van der Waals surface area contributed by atoms with Gasteiger partial charge in [-0.05, 0) is 92.5 Å². The van der Waals surface area contributed by atoms with Crippen LogP contribution in [0.2, 0.25) is 0 Å². The van der Waals surface area contributed by atoms with Gasteiger partial charge in [-0.25, -0.2) is 24.1 Å². The van der Waals surface area contributed by atoms with Crippen LogP contribution in [0.15, 0.2) is 55.1 Å². The molecule has 9 heteroatoms. The van der Waals surface area contributed by atoms with Gasteiger partial charge < -0.3 is 15.5 Å². The summed E-state index contributed by atoms with van der Waals surface area (Å²) in [4.78, 5) is 25.2. The number of rotatable bonds is 6. The van der Waals surface area contributed by atoms with E-state index in [1.165, 1.54) is 6.20 Å². The molecule has 0 radical (unpaired) electrons. The van der Waals surface area contributed by atoms with E-state index in [1.54, 1.807) is 36.0 Å². The Hall–Kier alpha value is -4.11. The highest BCUT2D eigenvalue weighted by atomic mass is 19.1. The lowest BCUT2D eigenvalue weighted by Gasteiger charge is -2.27. The Kier molecular flexibility index (Phi) is 6.71. The van der Waals surface area contributed by atoms with Crippen molar-refractivity contribution in [3.8, 4) is 17.1 Å². The van der Waals surface area contributed by atoms with Crippen LogP contribution in [0.25, 0.3) is 17.1 Å². The molecule has 0 saturated heterocycles. The van der Waals surface area contributed by atoms with Crippen LogP contribution >= 0.6 is 0 Å². The topological polar surface area (TPSA) is 113 Å². The second-order valence-corrected chi connectivity index (χ2v) is 9.61. The summed E-state index contributed by atoms with van der Waals surface area (Å²) in [5.74, 6) is 0.478. The zero-order valence-corrected chi connectivity index (χ0v) is 20.6. The third-order valence-corrected chi connectivity index (χ3v) is 6.82. The fourth-order valence-corrected chi connectivity index (χ4v) is 4.82. The Morgan fingerprint density at radius 2 is 1.84 bits per heavy atom. The molecule has 3 N–H and O–H groups in total. The van der Waals surface area contributed by atoms with Crippen LogP contribution in [0.1, 0.15) is 58.6 Å². The van der Waals surface area contributed by atoms with Crippen molar-refractivity contribution in [2.24, 2.45) is 0 Å². The Morgan fingerprint density at radius 3 is 2.57 bits per heavy atom. The summed E-state index contributed by atoms with van der Waals surface area (Å²) in [6.07, 6.45) is 7.24. The lowest BCUT2D eigenvalue weighted by Crippen LogP contribution is -2.18. The number of nitrogens with zero attached hydrogens (tertiary/aromatic N) is 4. The Balaban J connectivity index is 1.44. The third kappa shape index (κ3) is 5.36. The molecular formula is C28H28FN5O3. The number of imidazole rings is 1. The highest BCUT2D eigenvalue weighted by Crippen LogP contribution is 2.36. The van der Waals surface area contributed by atoms with Gasteiger partial charge in [-0.2, -0.15) is 0 Å². The van der Waals surface area contributed by atoms with Gasteiger partial charge in [0.05, 0.1) is 23.6 Å². The molecule has 8 nitrogen and oxygen atoms in total. The van der Waals surface area contributed by atoms with E-state index in [0.29, 0.717) is 47.1 Å². The van der Waals surface area contributed by atoms with E-state index >= 15 is 0 Å². The number of hydrogen-bond acceptors (Lipinski definition) is 6. The summed E-state index contributed by atoms with van der Waals surface area (Å²) in [5.41, 5.74) is 4.06. The van der Waals surface area contributed by atoms with Crippen LogP contribution < -0.4 is 5.32 Å². The van der Waals surface area contributed by atoms with Gasteiger partial charge in [0.25, 0.3) is 0 Å². The molecule has 1 aliphatic carbocycles. The first-order chi connectivity index (χ1) is 17.8. The lowest BCUT2D eigenvalue weighted by molar-refractivity contribution is 0.0694. The fourth-order valence-electron chi connectivity index (χ4n) is 4.82. The van der Waals surface area contributed by atoms with Gasteiger partial charge in [0.2, 0.25) is 0 Å². The predicted molar refractivity (Wildman–Crippen MR) is 138 cm³/mol. The van der Waals surface area contributed by atoms with Crippen molar-refractivity contribution in [1.29, 1.82) is 0 Å². The van der Waals surface area contributed by atoms with Crippen LogP contribution in [0, 0.1) is 19.7 Å². The van der Waals surface area contributed by atoms with Crippen molar-refractivity contribution < 1.29 is 19.4 Å². The van der Waals surface area contributed by atoms with E-state index in [1.807, 2.05) is 31.3 Å². The number of aryl methyl sites for hydroxylation is 2. The average Bonchev–Trinajstić information content (AvgIpc) is 3.37. The number of halogens is 1. The first-order valence-electron chi connectivity index (χ1n) is 12.2. The molecule has 5 rings (SSSR count). The maximum Gasteiger partial charge on any atom is 0.335 e. The summed E-state index contributed by atoms with van der Waals surface area (Å²) in [5, 5.41) is 22.8. The van der Waals surface area contributed by atoms with Crippen LogP contribution in [0.5, 0.6) is 0 Å². The van der Waals surface area contributed by atoms with Crippen LogP contribution in [0.3, 0.4) is 0 Å². The largest absolute Gasteiger partial charge is 0.478 e. The van der Waals surface area contributed by atoms with E-state index in [2.05, 4.69) is 20.3 Å². The van der Waals surface area contributed by atoms with Crippen molar-refractivity contribution >= 4 is 17.6 Å². The van der Waals surface area contributed by atoms with Gasteiger partial charge in [0.1, 0.15) is 29.6 Å². The molecule has 1 fully saturated rings. The van der Waals surface area contributed by atoms with Crippen LogP contribution in [0.4, 0.5) is 16.0 Å². The van der Waals surface area contributed by atoms with E-state index in [0.717, 1.165) is 29.5 Å². The molecule has 4 aromatic rings. The number of aliphatic hydroxyl groups excluding tert-OH is 1. The van der Waals surface area contributed by atoms with Gasteiger partial charge in [-0.15, -0.1) is 0 Å². The summed E-state index contributed by atoms with van der Waals surface area (Å²) in [7, 11) is 0. The Morgan fingerprint density at radius 1 is 1.05 bits per heavy atom. The molecule has 190 valence electrons. The number of hydrogen-bond donors (Lipinski definition) is 3. The molecule has 0 aliphatic heterocycles.